The van der Waals surface area contributed by atoms with Crippen molar-refractivity contribution in [2.24, 2.45) is 11.8 Å². The highest BCUT2D eigenvalue weighted by Gasteiger charge is 2.24. The summed E-state index contributed by atoms with van der Waals surface area (Å²) in [5, 5.41) is 3.48. The van der Waals surface area contributed by atoms with Gasteiger partial charge in [-0.2, -0.15) is 0 Å². The Labute approximate surface area is 94.4 Å². The zero-order chi connectivity index (χ0) is 10.5. The Hall–Kier alpha value is -0.0800. The molecule has 2 rings (SSSR count). The van der Waals surface area contributed by atoms with Gasteiger partial charge < -0.3 is 10.2 Å². The highest BCUT2D eigenvalue weighted by atomic mass is 15.1. The maximum atomic E-state index is 3.48. The number of nitrogens with one attached hydrogen (secondary N) is 1. The second-order valence-corrected chi connectivity index (χ2v) is 5.35. The second kappa shape index (κ2) is 5.86. The third-order valence-electron chi connectivity index (χ3n) is 4.13. The van der Waals surface area contributed by atoms with Crippen molar-refractivity contribution in [3.63, 3.8) is 0 Å². The number of nitrogens with zero attached hydrogens (tertiary/aromatic N) is 1. The third-order valence-corrected chi connectivity index (χ3v) is 4.13. The van der Waals surface area contributed by atoms with Crippen LogP contribution >= 0.6 is 0 Å². The van der Waals surface area contributed by atoms with E-state index in [0.717, 1.165) is 18.4 Å². The molecule has 1 saturated carbocycles. The molecule has 0 aromatic rings. The smallest absolute Gasteiger partial charge is 0.000966 e. The molecule has 0 amide bonds. The summed E-state index contributed by atoms with van der Waals surface area (Å²) in [5.41, 5.74) is 0. The van der Waals surface area contributed by atoms with Gasteiger partial charge in [0.25, 0.3) is 0 Å². The lowest BCUT2D eigenvalue weighted by Gasteiger charge is -2.37. The molecule has 15 heavy (non-hydrogen) atoms. The molecule has 0 aromatic carbocycles. The molecule has 1 heterocycles. The van der Waals surface area contributed by atoms with Crippen LogP contribution in [0.2, 0.25) is 0 Å². The lowest BCUT2D eigenvalue weighted by Crippen LogP contribution is -2.40. The van der Waals surface area contributed by atoms with Crippen molar-refractivity contribution in [2.75, 3.05) is 32.7 Å². The summed E-state index contributed by atoms with van der Waals surface area (Å²) in [4.78, 5) is 2.70. The van der Waals surface area contributed by atoms with Gasteiger partial charge in [0.15, 0.2) is 0 Å². The standard InChI is InChI=1S/C13H26N2/c1-2-14-10-12-6-8-15(9-7-12)11-13-4-3-5-13/h12-14H,2-11H2,1H3. The average Bonchev–Trinajstić information content (AvgIpc) is 2.22. The van der Waals surface area contributed by atoms with Gasteiger partial charge in [0.05, 0.1) is 0 Å². The number of hydrogen-bond donors (Lipinski definition) is 1. The van der Waals surface area contributed by atoms with E-state index in [4.69, 9.17) is 0 Å². The molecule has 2 aliphatic rings. The summed E-state index contributed by atoms with van der Waals surface area (Å²) in [6.07, 6.45) is 7.32. The van der Waals surface area contributed by atoms with Gasteiger partial charge in [-0.05, 0) is 63.7 Å². The van der Waals surface area contributed by atoms with Crippen molar-refractivity contribution in [3.8, 4) is 0 Å². The topological polar surface area (TPSA) is 15.3 Å². The molecule has 1 saturated heterocycles. The number of hydrogen-bond acceptors (Lipinski definition) is 2. The maximum absolute atomic E-state index is 3.48. The van der Waals surface area contributed by atoms with E-state index >= 15 is 0 Å². The quantitative estimate of drug-likeness (QED) is 0.747. The van der Waals surface area contributed by atoms with Gasteiger partial charge in [-0.25, -0.2) is 0 Å². The zero-order valence-electron chi connectivity index (χ0n) is 10.2. The van der Waals surface area contributed by atoms with E-state index in [1.807, 2.05) is 0 Å². The first-order valence-corrected chi connectivity index (χ1v) is 6.81. The van der Waals surface area contributed by atoms with Gasteiger partial charge in [-0.1, -0.05) is 13.3 Å². The van der Waals surface area contributed by atoms with E-state index in [1.54, 1.807) is 0 Å². The summed E-state index contributed by atoms with van der Waals surface area (Å²) < 4.78 is 0. The lowest BCUT2D eigenvalue weighted by atomic mass is 9.84. The summed E-state index contributed by atoms with van der Waals surface area (Å²) >= 11 is 0. The van der Waals surface area contributed by atoms with Crippen molar-refractivity contribution < 1.29 is 0 Å². The van der Waals surface area contributed by atoms with Crippen LogP contribution in [0.15, 0.2) is 0 Å². The molecule has 0 bridgehead atoms. The van der Waals surface area contributed by atoms with Crippen molar-refractivity contribution >= 4 is 0 Å². The predicted molar refractivity (Wildman–Crippen MR) is 65.0 cm³/mol. The summed E-state index contributed by atoms with van der Waals surface area (Å²) in [7, 11) is 0. The molecule has 1 N–H and O–H groups in total. The fourth-order valence-electron chi connectivity index (χ4n) is 2.76. The van der Waals surface area contributed by atoms with Crippen molar-refractivity contribution in [1.82, 2.24) is 10.2 Å². The summed E-state index contributed by atoms with van der Waals surface area (Å²) in [6.45, 7) is 8.68. The minimum absolute atomic E-state index is 0.947. The molecule has 0 atom stereocenters. The van der Waals surface area contributed by atoms with Crippen molar-refractivity contribution in [2.45, 2.75) is 39.0 Å². The van der Waals surface area contributed by atoms with E-state index in [1.165, 1.54) is 58.3 Å². The molecule has 88 valence electrons. The Kier molecular flexibility index (Phi) is 4.45. The van der Waals surface area contributed by atoms with Crippen LogP contribution in [0.25, 0.3) is 0 Å². The van der Waals surface area contributed by atoms with E-state index in [9.17, 15) is 0 Å². The fraction of sp³-hybridized carbons (Fsp3) is 1.00. The Balaban J connectivity index is 1.58. The largest absolute Gasteiger partial charge is 0.317 e. The van der Waals surface area contributed by atoms with Crippen LogP contribution in [0.3, 0.4) is 0 Å². The molecule has 1 aliphatic carbocycles. The molecule has 0 unspecified atom stereocenters. The van der Waals surface area contributed by atoms with Crippen LogP contribution < -0.4 is 5.32 Å². The molecule has 2 heteroatoms. The maximum Gasteiger partial charge on any atom is 0.000966 e. The minimum Gasteiger partial charge on any atom is -0.317 e. The Morgan fingerprint density at radius 1 is 1.07 bits per heavy atom. The molecule has 0 radical (unpaired) electrons. The minimum atomic E-state index is 0.947. The Bertz CT molecular complexity index is 169. The Morgan fingerprint density at radius 2 is 1.80 bits per heavy atom. The van der Waals surface area contributed by atoms with Gasteiger partial charge >= 0.3 is 0 Å². The van der Waals surface area contributed by atoms with Crippen LogP contribution in [-0.2, 0) is 0 Å². The van der Waals surface area contributed by atoms with Gasteiger partial charge in [-0.3, -0.25) is 0 Å². The fourth-order valence-corrected chi connectivity index (χ4v) is 2.76. The van der Waals surface area contributed by atoms with Crippen molar-refractivity contribution in [1.29, 1.82) is 0 Å². The first-order chi connectivity index (χ1) is 7.38. The predicted octanol–water partition coefficient (Wildman–Crippen LogP) is 2.11. The molecular formula is C13H26N2. The van der Waals surface area contributed by atoms with E-state index in [2.05, 4.69) is 17.1 Å². The van der Waals surface area contributed by atoms with E-state index in [0.29, 0.717) is 0 Å². The van der Waals surface area contributed by atoms with Crippen LogP contribution in [0.4, 0.5) is 0 Å². The molecule has 0 aromatic heterocycles. The number of likely N-dealkylation sites (tertiary alicyclic amines) is 1. The van der Waals surface area contributed by atoms with E-state index in [-0.39, 0.29) is 0 Å². The summed E-state index contributed by atoms with van der Waals surface area (Å²) in [5.74, 6) is 2.00. The second-order valence-electron chi connectivity index (χ2n) is 5.35. The normalized spacial score (nSPS) is 25.4. The number of rotatable bonds is 5. The highest BCUT2D eigenvalue weighted by Crippen LogP contribution is 2.28. The first-order valence-electron chi connectivity index (χ1n) is 6.81. The monoisotopic (exact) mass is 210 g/mol. The zero-order valence-corrected chi connectivity index (χ0v) is 10.2. The van der Waals surface area contributed by atoms with Crippen LogP contribution in [0.5, 0.6) is 0 Å². The molecule has 2 nitrogen and oxygen atoms in total. The molecule has 0 spiro atoms. The molecule has 1 aliphatic heterocycles. The molecular weight excluding hydrogens is 184 g/mol. The number of piperidine rings is 1. The van der Waals surface area contributed by atoms with Crippen LogP contribution in [-0.4, -0.2) is 37.6 Å². The van der Waals surface area contributed by atoms with Crippen LogP contribution in [0.1, 0.15) is 39.0 Å². The highest BCUT2D eigenvalue weighted by molar-refractivity contribution is 4.78. The van der Waals surface area contributed by atoms with Gasteiger partial charge in [0, 0.05) is 6.54 Å². The Morgan fingerprint density at radius 3 is 2.33 bits per heavy atom. The van der Waals surface area contributed by atoms with Crippen LogP contribution in [0, 0.1) is 11.8 Å². The average molecular weight is 210 g/mol. The van der Waals surface area contributed by atoms with Gasteiger partial charge in [-0.15, -0.1) is 0 Å². The molecule has 2 fully saturated rings. The first kappa shape index (κ1) is 11.4. The van der Waals surface area contributed by atoms with Gasteiger partial charge in [0.2, 0.25) is 0 Å². The van der Waals surface area contributed by atoms with E-state index < -0.39 is 0 Å². The van der Waals surface area contributed by atoms with Crippen molar-refractivity contribution in [3.05, 3.63) is 0 Å². The lowest BCUT2D eigenvalue weighted by molar-refractivity contribution is 0.131. The summed E-state index contributed by atoms with van der Waals surface area (Å²) in [6, 6.07) is 0. The third kappa shape index (κ3) is 3.46. The SMILES string of the molecule is CCNCC1CCN(CC2CCC2)CC1. The van der Waals surface area contributed by atoms with Gasteiger partial charge in [0.1, 0.15) is 0 Å².